The first-order valence-corrected chi connectivity index (χ1v) is 13.6. The second-order valence-corrected chi connectivity index (χ2v) is 11.8. The van der Waals surface area contributed by atoms with Crippen molar-refractivity contribution in [3.8, 4) is 11.3 Å². The van der Waals surface area contributed by atoms with Gasteiger partial charge >= 0.3 is 0 Å². The number of aryl methyl sites for hydroxylation is 1. The van der Waals surface area contributed by atoms with Crippen molar-refractivity contribution >= 4 is 40.9 Å². The summed E-state index contributed by atoms with van der Waals surface area (Å²) < 4.78 is 41.8. The number of pyridine rings is 4. The SMILES string of the molecule is CC[C@@H](Nc1c(Cl)c(C)nc2cc(F)c(-c3ccc(P(C)(C)=O)nc3)nc12)c1ncccc1F. The van der Waals surface area contributed by atoms with E-state index < -0.39 is 24.8 Å². The molecule has 176 valence electrons. The topological polar surface area (TPSA) is 80.7 Å². The monoisotopic (exact) mass is 501 g/mol. The second kappa shape index (κ2) is 9.35. The molecule has 1 N–H and O–H groups in total. The third-order valence-corrected chi connectivity index (χ3v) is 7.27. The second-order valence-electron chi connectivity index (χ2n) is 8.30. The third-order valence-electron chi connectivity index (χ3n) is 5.43. The van der Waals surface area contributed by atoms with E-state index in [0.29, 0.717) is 44.9 Å². The molecule has 0 fully saturated rings. The number of rotatable bonds is 6. The molecule has 0 aliphatic carbocycles. The smallest absolute Gasteiger partial charge is 0.151 e. The first kappa shape index (κ1) is 24.2. The minimum Gasteiger partial charge on any atom is -0.373 e. The van der Waals surface area contributed by atoms with Gasteiger partial charge in [0.25, 0.3) is 0 Å². The van der Waals surface area contributed by atoms with Gasteiger partial charge in [-0.3, -0.25) is 9.97 Å². The van der Waals surface area contributed by atoms with Gasteiger partial charge in [-0.2, -0.15) is 0 Å². The van der Waals surface area contributed by atoms with Crippen LogP contribution in [0, 0.1) is 18.6 Å². The van der Waals surface area contributed by atoms with Gasteiger partial charge in [-0.15, -0.1) is 0 Å². The molecule has 4 aromatic rings. The van der Waals surface area contributed by atoms with Gasteiger partial charge in [-0.05, 0) is 50.9 Å². The molecule has 0 bridgehead atoms. The van der Waals surface area contributed by atoms with Crippen molar-refractivity contribution in [3.05, 3.63) is 70.8 Å². The number of anilines is 1. The normalized spacial score (nSPS) is 12.7. The number of halogens is 3. The Hall–Kier alpha value is -2.96. The van der Waals surface area contributed by atoms with Crippen molar-refractivity contribution in [2.45, 2.75) is 26.3 Å². The molecule has 0 radical (unpaired) electrons. The van der Waals surface area contributed by atoms with Crippen LogP contribution in [-0.2, 0) is 4.57 Å². The lowest BCUT2D eigenvalue weighted by Crippen LogP contribution is -2.15. The van der Waals surface area contributed by atoms with Gasteiger partial charge in [0.05, 0.1) is 39.1 Å². The zero-order chi connectivity index (χ0) is 24.6. The predicted octanol–water partition coefficient (Wildman–Crippen LogP) is 6.14. The van der Waals surface area contributed by atoms with Crippen LogP contribution in [0.4, 0.5) is 14.5 Å². The van der Waals surface area contributed by atoms with Crippen LogP contribution in [0.15, 0.2) is 42.7 Å². The van der Waals surface area contributed by atoms with Crippen LogP contribution in [0.5, 0.6) is 0 Å². The lowest BCUT2D eigenvalue weighted by atomic mass is 10.1. The Morgan fingerprint density at radius 2 is 1.88 bits per heavy atom. The van der Waals surface area contributed by atoms with E-state index in [1.165, 1.54) is 30.6 Å². The molecule has 0 aliphatic heterocycles. The van der Waals surface area contributed by atoms with E-state index in [-0.39, 0.29) is 11.4 Å². The highest BCUT2D eigenvalue weighted by Crippen LogP contribution is 2.37. The predicted molar refractivity (Wildman–Crippen MR) is 132 cm³/mol. The number of fused-ring (bicyclic) bond motifs is 1. The molecule has 0 unspecified atom stereocenters. The highest BCUT2D eigenvalue weighted by molar-refractivity contribution is 7.69. The van der Waals surface area contributed by atoms with Crippen LogP contribution < -0.4 is 10.8 Å². The molecule has 10 heteroatoms. The fraction of sp³-hybridized carbons (Fsp3) is 0.250. The van der Waals surface area contributed by atoms with Crippen molar-refractivity contribution in [2.75, 3.05) is 18.6 Å². The Labute approximate surface area is 201 Å². The molecule has 4 heterocycles. The third kappa shape index (κ3) is 4.65. The zero-order valence-corrected chi connectivity index (χ0v) is 20.8. The Bertz CT molecular complexity index is 1430. The Balaban J connectivity index is 1.86. The summed E-state index contributed by atoms with van der Waals surface area (Å²) in [6.07, 6.45) is 3.48. The maximum atomic E-state index is 15.1. The van der Waals surface area contributed by atoms with Crippen LogP contribution in [0.1, 0.15) is 30.8 Å². The summed E-state index contributed by atoms with van der Waals surface area (Å²) in [4.78, 5) is 17.3. The molecule has 4 aromatic heterocycles. The van der Waals surface area contributed by atoms with E-state index in [1.54, 1.807) is 32.4 Å². The summed E-state index contributed by atoms with van der Waals surface area (Å²) in [6, 6.07) is 6.90. The summed E-state index contributed by atoms with van der Waals surface area (Å²) in [5.74, 6) is -1.02. The molecule has 0 amide bonds. The minimum atomic E-state index is -2.55. The Kier molecular flexibility index (Phi) is 6.65. The van der Waals surface area contributed by atoms with E-state index >= 15 is 4.39 Å². The standard InChI is InChI=1S/C24H23ClF2N5OP/c1-5-17(22-15(26)7-6-10-28-22)31-24-20(25)13(2)30-18-11-16(27)21(32-23(18)24)14-8-9-19(29-12-14)34(3,4)33/h6-12,17H,5H2,1-4H3,(H,30,31)/t17-/m1/s1. The molecule has 0 saturated heterocycles. The largest absolute Gasteiger partial charge is 0.373 e. The van der Waals surface area contributed by atoms with Gasteiger partial charge in [0.15, 0.2) is 5.82 Å². The average molecular weight is 502 g/mol. The Morgan fingerprint density at radius 1 is 1.12 bits per heavy atom. The summed E-state index contributed by atoms with van der Waals surface area (Å²) in [5, 5.41) is 3.56. The summed E-state index contributed by atoms with van der Waals surface area (Å²) >= 11 is 6.59. The molecular formula is C24H23ClF2N5OP. The van der Waals surface area contributed by atoms with E-state index in [0.717, 1.165) is 0 Å². The summed E-state index contributed by atoms with van der Waals surface area (Å²) in [7, 11) is -2.55. The van der Waals surface area contributed by atoms with Crippen molar-refractivity contribution in [1.82, 2.24) is 19.9 Å². The Morgan fingerprint density at radius 3 is 2.50 bits per heavy atom. The molecule has 0 saturated carbocycles. The quantitative estimate of drug-likeness (QED) is 0.320. The molecule has 0 spiro atoms. The van der Waals surface area contributed by atoms with Crippen molar-refractivity contribution in [3.63, 3.8) is 0 Å². The molecule has 1 atom stereocenters. The van der Waals surface area contributed by atoms with Crippen molar-refractivity contribution in [2.24, 2.45) is 0 Å². The summed E-state index contributed by atoms with van der Waals surface area (Å²) in [6.45, 7) is 6.83. The van der Waals surface area contributed by atoms with Crippen LogP contribution in [-0.4, -0.2) is 33.3 Å². The average Bonchev–Trinajstić information content (AvgIpc) is 2.80. The van der Waals surface area contributed by atoms with Crippen LogP contribution >= 0.6 is 18.7 Å². The highest BCUT2D eigenvalue weighted by Gasteiger charge is 2.22. The first-order chi connectivity index (χ1) is 16.1. The fourth-order valence-electron chi connectivity index (χ4n) is 3.63. The minimum absolute atomic E-state index is 0.0513. The number of aromatic nitrogens is 4. The van der Waals surface area contributed by atoms with E-state index in [2.05, 4.69) is 25.3 Å². The molecule has 34 heavy (non-hydrogen) atoms. The maximum Gasteiger partial charge on any atom is 0.151 e. The number of hydrogen-bond donors (Lipinski definition) is 1. The van der Waals surface area contributed by atoms with Crippen LogP contribution in [0.2, 0.25) is 5.02 Å². The van der Waals surface area contributed by atoms with Gasteiger partial charge in [-0.25, -0.2) is 18.7 Å². The summed E-state index contributed by atoms with van der Waals surface area (Å²) in [5.41, 5.74) is 2.70. The number of nitrogens with one attached hydrogen (secondary N) is 1. The molecule has 6 nitrogen and oxygen atoms in total. The van der Waals surface area contributed by atoms with Gasteiger partial charge in [0, 0.05) is 24.0 Å². The van der Waals surface area contributed by atoms with Crippen molar-refractivity contribution < 1.29 is 13.3 Å². The van der Waals surface area contributed by atoms with E-state index in [9.17, 15) is 8.96 Å². The first-order valence-electron chi connectivity index (χ1n) is 10.7. The maximum absolute atomic E-state index is 15.1. The lowest BCUT2D eigenvalue weighted by molar-refractivity contribution is 0.572. The number of nitrogens with zero attached hydrogens (tertiary/aromatic N) is 4. The van der Waals surface area contributed by atoms with Gasteiger partial charge in [0.2, 0.25) is 0 Å². The zero-order valence-electron chi connectivity index (χ0n) is 19.1. The van der Waals surface area contributed by atoms with E-state index in [1.807, 2.05) is 6.92 Å². The van der Waals surface area contributed by atoms with Crippen molar-refractivity contribution in [1.29, 1.82) is 0 Å². The van der Waals surface area contributed by atoms with Crippen LogP contribution in [0.3, 0.4) is 0 Å². The lowest BCUT2D eigenvalue weighted by Gasteiger charge is -2.21. The van der Waals surface area contributed by atoms with Gasteiger partial charge in [0.1, 0.15) is 24.2 Å². The fourth-order valence-corrected chi connectivity index (χ4v) is 4.59. The highest BCUT2D eigenvalue weighted by atomic mass is 35.5. The molecule has 0 aromatic carbocycles. The molecular weight excluding hydrogens is 479 g/mol. The van der Waals surface area contributed by atoms with Gasteiger partial charge in [-0.1, -0.05) is 18.5 Å². The van der Waals surface area contributed by atoms with Crippen LogP contribution in [0.25, 0.3) is 22.3 Å². The molecule has 4 rings (SSSR count). The van der Waals surface area contributed by atoms with E-state index in [4.69, 9.17) is 11.6 Å². The molecule has 0 aliphatic rings. The van der Waals surface area contributed by atoms with Gasteiger partial charge < -0.3 is 9.88 Å². The number of hydrogen-bond acceptors (Lipinski definition) is 6.